The summed E-state index contributed by atoms with van der Waals surface area (Å²) in [5, 5.41) is 11.2. The van der Waals surface area contributed by atoms with E-state index in [1.54, 1.807) is 18.8 Å². The summed E-state index contributed by atoms with van der Waals surface area (Å²) in [5.74, 6) is 1.34. The van der Waals surface area contributed by atoms with Gasteiger partial charge in [0.1, 0.15) is 12.6 Å². The van der Waals surface area contributed by atoms with E-state index < -0.39 is 0 Å². The first-order chi connectivity index (χ1) is 11.4. The number of aromatic nitrogens is 5. The molecule has 0 aliphatic rings. The standard InChI is InChI=1S/C16H14N6O/c1-2-4-12(5-3-1)16-20-13(10-23-16)6-7-17-14-15-21-19-11-22(15)9-8-18-14/h1-5,8-11H,6-7H2,(H,17,18). The molecule has 1 N–H and O–H groups in total. The van der Waals surface area contributed by atoms with Crippen molar-refractivity contribution in [1.29, 1.82) is 0 Å². The van der Waals surface area contributed by atoms with Crippen LogP contribution in [-0.2, 0) is 6.42 Å². The summed E-state index contributed by atoms with van der Waals surface area (Å²) in [6, 6.07) is 9.85. The molecule has 0 saturated heterocycles. The average molecular weight is 306 g/mol. The normalized spacial score (nSPS) is 11.0. The molecule has 0 amide bonds. The topological polar surface area (TPSA) is 81.1 Å². The van der Waals surface area contributed by atoms with Gasteiger partial charge >= 0.3 is 0 Å². The monoisotopic (exact) mass is 306 g/mol. The van der Waals surface area contributed by atoms with E-state index in [0.29, 0.717) is 23.9 Å². The minimum absolute atomic E-state index is 0.637. The summed E-state index contributed by atoms with van der Waals surface area (Å²) in [6.45, 7) is 0.681. The Morgan fingerprint density at radius 3 is 3.00 bits per heavy atom. The lowest BCUT2D eigenvalue weighted by Gasteiger charge is -2.04. The van der Waals surface area contributed by atoms with Crippen molar-refractivity contribution in [3.8, 4) is 11.5 Å². The Labute approximate surface area is 132 Å². The van der Waals surface area contributed by atoms with E-state index in [0.717, 1.165) is 17.7 Å². The van der Waals surface area contributed by atoms with Crippen molar-refractivity contribution < 1.29 is 4.42 Å². The second kappa shape index (κ2) is 5.88. The highest BCUT2D eigenvalue weighted by molar-refractivity contribution is 5.61. The van der Waals surface area contributed by atoms with Crippen LogP contribution in [0.1, 0.15) is 5.69 Å². The van der Waals surface area contributed by atoms with Gasteiger partial charge in [0.05, 0.1) is 5.69 Å². The Balaban J connectivity index is 1.42. The molecule has 0 radical (unpaired) electrons. The predicted octanol–water partition coefficient (Wildman–Crippen LogP) is 2.43. The predicted molar refractivity (Wildman–Crippen MR) is 84.9 cm³/mol. The first-order valence-electron chi connectivity index (χ1n) is 7.28. The van der Waals surface area contributed by atoms with E-state index in [4.69, 9.17) is 4.42 Å². The first-order valence-corrected chi connectivity index (χ1v) is 7.28. The summed E-state index contributed by atoms with van der Waals surface area (Å²) in [7, 11) is 0. The van der Waals surface area contributed by atoms with E-state index in [1.165, 1.54) is 0 Å². The number of nitrogens with zero attached hydrogens (tertiary/aromatic N) is 5. The molecule has 7 heteroatoms. The lowest BCUT2D eigenvalue weighted by atomic mass is 10.2. The number of hydrogen-bond acceptors (Lipinski definition) is 6. The van der Waals surface area contributed by atoms with Gasteiger partial charge in [-0.1, -0.05) is 18.2 Å². The number of nitrogens with one attached hydrogen (secondary N) is 1. The highest BCUT2D eigenvalue weighted by Crippen LogP contribution is 2.18. The third-order valence-corrected chi connectivity index (χ3v) is 3.46. The number of benzene rings is 1. The molecular formula is C16H14N6O. The minimum Gasteiger partial charge on any atom is -0.444 e. The molecule has 0 bridgehead atoms. The van der Waals surface area contributed by atoms with Crippen molar-refractivity contribution >= 4 is 11.5 Å². The zero-order valence-corrected chi connectivity index (χ0v) is 12.3. The zero-order chi connectivity index (χ0) is 15.5. The molecule has 4 aromatic rings. The minimum atomic E-state index is 0.637. The van der Waals surface area contributed by atoms with E-state index in [2.05, 4.69) is 25.5 Å². The van der Waals surface area contributed by atoms with Crippen LogP contribution in [0.15, 0.2) is 59.7 Å². The lowest BCUT2D eigenvalue weighted by molar-refractivity contribution is 0.572. The maximum atomic E-state index is 5.53. The Bertz CT molecular complexity index is 914. The molecule has 7 nitrogen and oxygen atoms in total. The third kappa shape index (κ3) is 2.76. The fourth-order valence-corrected chi connectivity index (χ4v) is 2.33. The molecule has 114 valence electrons. The van der Waals surface area contributed by atoms with Gasteiger partial charge in [-0.25, -0.2) is 9.97 Å². The molecular weight excluding hydrogens is 292 g/mol. The Morgan fingerprint density at radius 2 is 2.09 bits per heavy atom. The molecule has 0 saturated carbocycles. The first kappa shape index (κ1) is 13.4. The third-order valence-electron chi connectivity index (χ3n) is 3.46. The van der Waals surface area contributed by atoms with Crippen molar-refractivity contribution in [3.63, 3.8) is 0 Å². The van der Waals surface area contributed by atoms with E-state index in [9.17, 15) is 0 Å². The molecule has 0 aliphatic heterocycles. The van der Waals surface area contributed by atoms with Gasteiger partial charge < -0.3 is 9.73 Å². The lowest BCUT2D eigenvalue weighted by Crippen LogP contribution is -2.08. The van der Waals surface area contributed by atoms with Gasteiger partial charge in [0.25, 0.3) is 0 Å². The number of hydrogen-bond donors (Lipinski definition) is 1. The van der Waals surface area contributed by atoms with Gasteiger partial charge in [-0.2, -0.15) is 0 Å². The van der Waals surface area contributed by atoms with Crippen LogP contribution in [0.3, 0.4) is 0 Å². The molecule has 0 spiro atoms. The van der Waals surface area contributed by atoms with Crippen LogP contribution in [-0.4, -0.2) is 31.1 Å². The van der Waals surface area contributed by atoms with Crippen molar-refractivity contribution in [3.05, 3.63) is 61.0 Å². The second-order valence-electron chi connectivity index (χ2n) is 5.02. The maximum absolute atomic E-state index is 5.53. The zero-order valence-electron chi connectivity index (χ0n) is 12.3. The average Bonchev–Trinajstić information content (AvgIpc) is 3.25. The van der Waals surface area contributed by atoms with Gasteiger partial charge in [0, 0.05) is 30.9 Å². The van der Waals surface area contributed by atoms with E-state index in [-0.39, 0.29) is 0 Å². The van der Waals surface area contributed by atoms with Gasteiger partial charge in [-0.15, -0.1) is 10.2 Å². The van der Waals surface area contributed by atoms with Gasteiger partial charge in [0.2, 0.25) is 11.5 Å². The summed E-state index contributed by atoms with van der Waals surface area (Å²) in [5.41, 5.74) is 2.57. The highest BCUT2D eigenvalue weighted by Gasteiger charge is 2.07. The van der Waals surface area contributed by atoms with Crippen molar-refractivity contribution in [1.82, 2.24) is 24.6 Å². The molecule has 3 heterocycles. The van der Waals surface area contributed by atoms with Crippen LogP contribution < -0.4 is 5.32 Å². The van der Waals surface area contributed by atoms with Crippen molar-refractivity contribution in [2.45, 2.75) is 6.42 Å². The van der Waals surface area contributed by atoms with Crippen molar-refractivity contribution in [2.24, 2.45) is 0 Å². The largest absolute Gasteiger partial charge is 0.444 e. The number of rotatable bonds is 5. The summed E-state index contributed by atoms with van der Waals surface area (Å²) >= 11 is 0. The highest BCUT2D eigenvalue weighted by atomic mass is 16.3. The molecule has 0 unspecified atom stereocenters. The maximum Gasteiger partial charge on any atom is 0.226 e. The number of anilines is 1. The Kier molecular flexibility index (Phi) is 3.44. The molecule has 23 heavy (non-hydrogen) atoms. The van der Waals surface area contributed by atoms with Crippen LogP contribution in [0, 0.1) is 0 Å². The Morgan fingerprint density at radius 1 is 1.17 bits per heavy atom. The van der Waals surface area contributed by atoms with Crippen LogP contribution in [0.2, 0.25) is 0 Å². The summed E-state index contributed by atoms with van der Waals surface area (Å²) in [4.78, 5) is 8.79. The fraction of sp³-hybridized carbons (Fsp3) is 0.125. The van der Waals surface area contributed by atoms with Crippen LogP contribution in [0.4, 0.5) is 5.82 Å². The van der Waals surface area contributed by atoms with E-state index >= 15 is 0 Å². The number of oxazole rings is 1. The Hall–Kier alpha value is -3.22. The van der Waals surface area contributed by atoms with E-state index in [1.807, 2.05) is 40.9 Å². The molecule has 1 aromatic carbocycles. The molecule has 0 fully saturated rings. The fourth-order valence-electron chi connectivity index (χ4n) is 2.33. The van der Waals surface area contributed by atoms with Gasteiger partial charge in [-0.3, -0.25) is 4.40 Å². The number of fused-ring (bicyclic) bond motifs is 1. The molecule has 0 atom stereocenters. The van der Waals surface area contributed by atoms with Crippen LogP contribution >= 0.6 is 0 Å². The quantitative estimate of drug-likeness (QED) is 0.610. The van der Waals surface area contributed by atoms with Gasteiger partial charge in [0.15, 0.2) is 5.82 Å². The summed E-state index contributed by atoms with van der Waals surface area (Å²) < 4.78 is 7.35. The smallest absolute Gasteiger partial charge is 0.226 e. The molecule has 4 rings (SSSR count). The SMILES string of the molecule is c1ccc(-c2nc(CCNc3nccn4cnnc34)co2)cc1. The van der Waals surface area contributed by atoms with Crippen LogP contribution in [0.5, 0.6) is 0 Å². The molecule has 3 aromatic heterocycles. The van der Waals surface area contributed by atoms with Gasteiger partial charge in [-0.05, 0) is 12.1 Å². The van der Waals surface area contributed by atoms with Crippen molar-refractivity contribution in [2.75, 3.05) is 11.9 Å². The molecule has 0 aliphatic carbocycles. The van der Waals surface area contributed by atoms with Crippen LogP contribution in [0.25, 0.3) is 17.1 Å². The second-order valence-corrected chi connectivity index (χ2v) is 5.02. The summed E-state index contributed by atoms with van der Waals surface area (Å²) in [6.07, 6.45) is 7.58.